The lowest BCUT2D eigenvalue weighted by Gasteiger charge is -2.07. The number of imidazole rings is 1. The Bertz CT molecular complexity index is 603. The van der Waals surface area contributed by atoms with Crippen LogP contribution >= 0.6 is 11.6 Å². The lowest BCUT2D eigenvalue weighted by atomic mass is 10.0. The van der Waals surface area contributed by atoms with Gasteiger partial charge in [-0.1, -0.05) is 49.7 Å². The molecule has 3 nitrogen and oxygen atoms in total. The van der Waals surface area contributed by atoms with Crippen molar-refractivity contribution in [1.82, 2.24) is 9.55 Å². The normalized spacial score (nSPS) is 10.7. The molecule has 0 unspecified atom stereocenters. The molecule has 0 spiro atoms. The molecule has 0 atom stereocenters. The molecule has 0 bridgehead atoms. The molecule has 0 N–H and O–H groups in total. The van der Waals surface area contributed by atoms with E-state index in [-0.39, 0.29) is 5.15 Å². The number of rotatable bonds is 2. The van der Waals surface area contributed by atoms with E-state index < -0.39 is 0 Å². The first kappa shape index (κ1) is 12.7. The summed E-state index contributed by atoms with van der Waals surface area (Å²) < 4.78 is 1.71. The van der Waals surface area contributed by atoms with Crippen LogP contribution in [0, 0.1) is 11.3 Å². The third-order valence-electron chi connectivity index (χ3n) is 2.99. The SMILES string of the molecule is CC(C)c1ccc(-c2nc(Cl)c(C#N)n2C)cc1. The van der Waals surface area contributed by atoms with Crippen molar-refractivity contribution < 1.29 is 0 Å². The standard InChI is InChI=1S/C14H14ClN3/c1-9(2)10-4-6-11(7-5-10)14-17-13(15)12(8-16)18(14)3/h4-7,9H,1-3H3. The maximum atomic E-state index is 8.98. The fraction of sp³-hybridized carbons (Fsp3) is 0.286. The fourth-order valence-corrected chi connectivity index (χ4v) is 2.11. The van der Waals surface area contributed by atoms with Gasteiger partial charge in [-0.25, -0.2) is 4.98 Å². The van der Waals surface area contributed by atoms with Crippen molar-refractivity contribution in [1.29, 1.82) is 5.26 Å². The van der Waals surface area contributed by atoms with Gasteiger partial charge in [-0.2, -0.15) is 5.26 Å². The second kappa shape index (κ2) is 4.83. The van der Waals surface area contributed by atoms with E-state index in [4.69, 9.17) is 16.9 Å². The Morgan fingerprint density at radius 3 is 2.33 bits per heavy atom. The quantitative estimate of drug-likeness (QED) is 0.824. The van der Waals surface area contributed by atoms with Crippen molar-refractivity contribution in [3.63, 3.8) is 0 Å². The summed E-state index contributed by atoms with van der Waals surface area (Å²) in [6.07, 6.45) is 0. The van der Waals surface area contributed by atoms with E-state index in [2.05, 4.69) is 37.0 Å². The van der Waals surface area contributed by atoms with Crippen LogP contribution in [-0.4, -0.2) is 9.55 Å². The zero-order chi connectivity index (χ0) is 13.3. The Labute approximate surface area is 112 Å². The Kier molecular flexibility index (Phi) is 3.40. The number of halogens is 1. The molecule has 0 aliphatic rings. The number of benzene rings is 1. The van der Waals surface area contributed by atoms with Gasteiger partial charge in [0.05, 0.1) is 0 Å². The highest BCUT2D eigenvalue weighted by Gasteiger charge is 2.14. The average Bonchev–Trinajstić information content (AvgIpc) is 2.64. The van der Waals surface area contributed by atoms with E-state index in [1.807, 2.05) is 12.1 Å². The predicted octanol–water partition coefficient (Wildman–Crippen LogP) is 3.74. The highest BCUT2D eigenvalue weighted by atomic mass is 35.5. The van der Waals surface area contributed by atoms with Gasteiger partial charge in [0.15, 0.2) is 10.8 Å². The van der Waals surface area contributed by atoms with Crippen LogP contribution in [0.3, 0.4) is 0 Å². The van der Waals surface area contributed by atoms with E-state index >= 15 is 0 Å². The van der Waals surface area contributed by atoms with Crippen molar-refractivity contribution in [3.8, 4) is 17.5 Å². The smallest absolute Gasteiger partial charge is 0.166 e. The van der Waals surface area contributed by atoms with Crippen LogP contribution in [0.4, 0.5) is 0 Å². The summed E-state index contributed by atoms with van der Waals surface area (Å²) in [4.78, 5) is 4.23. The van der Waals surface area contributed by atoms with Crippen LogP contribution < -0.4 is 0 Å². The lowest BCUT2D eigenvalue weighted by molar-refractivity contribution is 0.865. The molecule has 0 amide bonds. The van der Waals surface area contributed by atoms with Crippen molar-refractivity contribution in [3.05, 3.63) is 40.7 Å². The maximum Gasteiger partial charge on any atom is 0.166 e. The van der Waals surface area contributed by atoms with Crippen molar-refractivity contribution >= 4 is 11.6 Å². The monoisotopic (exact) mass is 259 g/mol. The minimum Gasteiger partial charge on any atom is -0.318 e. The second-order valence-electron chi connectivity index (χ2n) is 4.52. The summed E-state index contributed by atoms with van der Waals surface area (Å²) in [5, 5.41) is 9.23. The van der Waals surface area contributed by atoms with E-state index in [0.29, 0.717) is 17.4 Å². The first-order valence-electron chi connectivity index (χ1n) is 5.77. The molecule has 1 heterocycles. The topological polar surface area (TPSA) is 41.6 Å². The lowest BCUT2D eigenvalue weighted by Crippen LogP contribution is -1.96. The van der Waals surface area contributed by atoms with Gasteiger partial charge in [-0.3, -0.25) is 0 Å². The van der Waals surface area contributed by atoms with Gasteiger partial charge in [-0.05, 0) is 11.5 Å². The summed E-state index contributed by atoms with van der Waals surface area (Å²) in [6.45, 7) is 4.31. The zero-order valence-corrected chi connectivity index (χ0v) is 11.4. The number of nitrogens with zero attached hydrogens (tertiary/aromatic N) is 3. The molecule has 18 heavy (non-hydrogen) atoms. The van der Waals surface area contributed by atoms with E-state index in [9.17, 15) is 0 Å². The van der Waals surface area contributed by atoms with Crippen LogP contribution in [0.1, 0.15) is 31.0 Å². The summed E-state index contributed by atoms with van der Waals surface area (Å²) >= 11 is 5.93. The molecule has 0 aliphatic carbocycles. The van der Waals surface area contributed by atoms with Crippen LogP contribution in [-0.2, 0) is 7.05 Å². The van der Waals surface area contributed by atoms with Gasteiger partial charge in [0, 0.05) is 12.6 Å². The van der Waals surface area contributed by atoms with E-state index in [0.717, 1.165) is 5.56 Å². The molecular formula is C14H14ClN3. The summed E-state index contributed by atoms with van der Waals surface area (Å²) in [6, 6.07) is 10.2. The molecule has 1 aromatic carbocycles. The van der Waals surface area contributed by atoms with Gasteiger partial charge in [0.1, 0.15) is 11.9 Å². The van der Waals surface area contributed by atoms with Gasteiger partial charge >= 0.3 is 0 Å². The Morgan fingerprint density at radius 1 is 1.28 bits per heavy atom. The number of nitriles is 1. The molecule has 0 aliphatic heterocycles. The molecule has 1 aromatic heterocycles. The maximum absolute atomic E-state index is 8.98. The zero-order valence-electron chi connectivity index (χ0n) is 10.6. The summed E-state index contributed by atoms with van der Waals surface area (Å²) in [5.41, 5.74) is 2.63. The summed E-state index contributed by atoms with van der Waals surface area (Å²) in [7, 11) is 1.79. The van der Waals surface area contributed by atoms with E-state index in [1.165, 1.54) is 5.56 Å². The molecule has 0 radical (unpaired) electrons. The Hall–Kier alpha value is -1.79. The number of hydrogen-bond acceptors (Lipinski definition) is 2. The molecule has 2 aromatic rings. The highest BCUT2D eigenvalue weighted by Crippen LogP contribution is 2.25. The third kappa shape index (κ3) is 2.12. The van der Waals surface area contributed by atoms with Crippen molar-refractivity contribution in [2.45, 2.75) is 19.8 Å². The molecule has 0 saturated carbocycles. The Morgan fingerprint density at radius 2 is 1.89 bits per heavy atom. The highest BCUT2D eigenvalue weighted by molar-refractivity contribution is 6.30. The van der Waals surface area contributed by atoms with Gasteiger partial charge in [0.2, 0.25) is 0 Å². The van der Waals surface area contributed by atoms with Crippen LogP contribution in [0.5, 0.6) is 0 Å². The fourth-order valence-electron chi connectivity index (χ4n) is 1.86. The molecule has 0 saturated heterocycles. The molecular weight excluding hydrogens is 246 g/mol. The minimum atomic E-state index is 0.253. The molecule has 92 valence electrons. The summed E-state index contributed by atoms with van der Waals surface area (Å²) in [5.74, 6) is 1.21. The molecule has 4 heteroatoms. The van der Waals surface area contributed by atoms with Gasteiger partial charge < -0.3 is 4.57 Å². The van der Waals surface area contributed by atoms with Gasteiger partial charge in [0.25, 0.3) is 0 Å². The van der Waals surface area contributed by atoms with Crippen molar-refractivity contribution in [2.75, 3.05) is 0 Å². The molecule has 0 fully saturated rings. The first-order valence-corrected chi connectivity index (χ1v) is 6.15. The largest absolute Gasteiger partial charge is 0.318 e. The number of hydrogen-bond donors (Lipinski definition) is 0. The van der Waals surface area contributed by atoms with E-state index in [1.54, 1.807) is 11.6 Å². The number of aromatic nitrogens is 2. The average molecular weight is 260 g/mol. The second-order valence-corrected chi connectivity index (χ2v) is 4.88. The van der Waals surface area contributed by atoms with Crippen LogP contribution in [0.2, 0.25) is 5.15 Å². The van der Waals surface area contributed by atoms with Gasteiger partial charge in [-0.15, -0.1) is 0 Å². The third-order valence-corrected chi connectivity index (χ3v) is 3.26. The molecule has 2 rings (SSSR count). The van der Waals surface area contributed by atoms with Crippen LogP contribution in [0.25, 0.3) is 11.4 Å². The van der Waals surface area contributed by atoms with Crippen molar-refractivity contribution in [2.24, 2.45) is 7.05 Å². The predicted molar refractivity (Wildman–Crippen MR) is 72.5 cm³/mol. The first-order chi connectivity index (χ1) is 8.54. The van der Waals surface area contributed by atoms with Crippen LogP contribution in [0.15, 0.2) is 24.3 Å². The Balaban J connectivity index is 2.47. The minimum absolute atomic E-state index is 0.253.